The number of aliphatic imine (C=N–C) groups is 1. The lowest BCUT2D eigenvalue weighted by molar-refractivity contribution is 0.0766. The van der Waals surface area contributed by atoms with Crippen LogP contribution in [0.5, 0.6) is 0 Å². The highest BCUT2D eigenvalue weighted by molar-refractivity contribution is 7.10. The molecule has 5 rings (SSSR count). The van der Waals surface area contributed by atoms with Crippen molar-refractivity contribution in [3.05, 3.63) is 22.4 Å². The van der Waals surface area contributed by atoms with Crippen molar-refractivity contribution in [3.8, 4) is 0 Å². The molecule has 5 heterocycles. The third-order valence-electron chi connectivity index (χ3n) is 6.87. The van der Waals surface area contributed by atoms with E-state index in [1.807, 2.05) is 18.4 Å². The summed E-state index contributed by atoms with van der Waals surface area (Å²) < 4.78 is 6.12. The average molecular weight is 375 g/mol. The Labute approximate surface area is 160 Å². The number of likely N-dealkylation sites (tertiary alicyclic amines) is 2. The third kappa shape index (κ3) is 2.96. The van der Waals surface area contributed by atoms with Gasteiger partial charge in [0.2, 0.25) is 0 Å². The fraction of sp³-hybridized carbons (Fsp3) is 0.750. The minimum Gasteiger partial charge on any atom is -0.374 e. The molecule has 1 N–H and O–H groups in total. The molecular weight excluding hydrogens is 344 g/mol. The van der Waals surface area contributed by atoms with E-state index in [2.05, 4.69) is 37.6 Å². The number of hydrogen-bond donors (Lipinski definition) is 1. The number of nitrogens with zero attached hydrogens (tertiary/aromatic N) is 3. The van der Waals surface area contributed by atoms with Gasteiger partial charge >= 0.3 is 0 Å². The molecule has 0 aromatic carbocycles. The largest absolute Gasteiger partial charge is 0.374 e. The van der Waals surface area contributed by atoms with E-state index in [1.165, 1.54) is 43.6 Å². The third-order valence-corrected chi connectivity index (χ3v) is 7.84. The molecule has 2 bridgehead atoms. The standard InChI is InChI=1S/C20H30N4OS/c1-21-20(24-12-14-15(13-24)18-7-6-17(14)25-18)22-11-16(19-5-4-10-26-19)23-8-2-3-9-23/h4-5,10,14-18H,2-3,6-9,11-13H2,1H3,(H,21,22). The van der Waals surface area contributed by atoms with E-state index in [0.29, 0.717) is 18.2 Å². The topological polar surface area (TPSA) is 40.1 Å². The van der Waals surface area contributed by atoms with Gasteiger partial charge < -0.3 is 15.0 Å². The van der Waals surface area contributed by atoms with Gasteiger partial charge in [0, 0.05) is 43.4 Å². The normalized spacial score (nSPS) is 35.3. The molecule has 0 saturated carbocycles. The lowest BCUT2D eigenvalue weighted by atomic mass is 9.82. The highest BCUT2D eigenvalue weighted by atomic mass is 32.1. The summed E-state index contributed by atoms with van der Waals surface area (Å²) >= 11 is 1.88. The SMILES string of the molecule is CN=C(NCC(c1cccs1)N1CCCC1)N1CC2C3CCC(O3)C2C1. The molecule has 4 fully saturated rings. The minimum absolute atomic E-state index is 0.468. The van der Waals surface area contributed by atoms with Crippen molar-refractivity contribution in [1.29, 1.82) is 0 Å². The van der Waals surface area contributed by atoms with E-state index < -0.39 is 0 Å². The minimum atomic E-state index is 0.468. The van der Waals surface area contributed by atoms with Crippen molar-refractivity contribution >= 4 is 17.3 Å². The van der Waals surface area contributed by atoms with Gasteiger partial charge in [-0.1, -0.05) is 6.07 Å². The Morgan fingerprint density at radius 2 is 2.00 bits per heavy atom. The second-order valence-corrected chi connectivity index (χ2v) is 9.20. The van der Waals surface area contributed by atoms with Crippen LogP contribution in [0.3, 0.4) is 0 Å². The Morgan fingerprint density at radius 1 is 1.27 bits per heavy atom. The van der Waals surface area contributed by atoms with E-state index in [1.54, 1.807) is 0 Å². The van der Waals surface area contributed by atoms with Crippen LogP contribution in [0.25, 0.3) is 0 Å². The molecule has 5 atom stereocenters. The number of ether oxygens (including phenoxy) is 1. The van der Waals surface area contributed by atoms with Gasteiger partial charge in [-0.2, -0.15) is 0 Å². The average Bonchev–Trinajstić information content (AvgIpc) is 3.45. The van der Waals surface area contributed by atoms with Gasteiger partial charge in [-0.3, -0.25) is 9.89 Å². The summed E-state index contributed by atoms with van der Waals surface area (Å²) in [5, 5.41) is 5.92. The van der Waals surface area contributed by atoms with Crippen LogP contribution < -0.4 is 5.32 Å². The lowest BCUT2D eigenvalue weighted by Crippen LogP contribution is -2.44. The predicted octanol–water partition coefficient (Wildman–Crippen LogP) is 2.57. The van der Waals surface area contributed by atoms with Gasteiger partial charge in [0.05, 0.1) is 18.2 Å². The predicted molar refractivity (Wildman–Crippen MR) is 106 cm³/mol. The molecule has 142 valence electrons. The van der Waals surface area contributed by atoms with Gasteiger partial charge in [-0.15, -0.1) is 11.3 Å². The molecular formula is C20H30N4OS. The smallest absolute Gasteiger partial charge is 0.193 e. The Kier molecular flexibility index (Phi) is 4.67. The Hall–Kier alpha value is -1.11. The van der Waals surface area contributed by atoms with Crippen LogP contribution in [-0.4, -0.2) is 67.7 Å². The fourth-order valence-corrected chi connectivity index (χ4v) is 6.46. The van der Waals surface area contributed by atoms with Crippen LogP contribution in [-0.2, 0) is 4.74 Å². The number of hydrogen-bond acceptors (Lipinski definition) is 4. The quantitative estimate of drug-likeness (QED) is 0.650. The maximum absolute atomic E-state index is 6.12. The van der Waals surface area contributed by atoms with Crippen LogP contribution in [0, 0.1) is 11.8 Å². The summed E-state index contributed by atoms with van der Waals surface area (Å²) in [6.07, 6.45) is 6.21. The van der Waals surface area contributed by atoms with Gasteiger partial charge in [-0.25, -0.2) is 0 Å². The summed E-state index contributed by atoms with van der Waals surface area (Å²) in [4.78, 5) is 11.2. The monoisotopic (exact) mass is 374 g/mol. The van der Waals surface area contributed by atoms with E-state index in [4.69, 9.17) is 4.74 Å². The van der Waals surface area contributed by atoms with Crippen LogP contribution in [0.2, 0.25) is 0 Å². The maximum atomic E-state index is 6.12. The zero-order valence-electron chi connectivity index (χ0n) is 15.6. The molecule has 4 saturated heterocycles. The van der Waals surface area contributed by atoms with Crippen molar-refractivity contribution in [3.63, 3.8) is 0 Å². The highest BCUT2D eigenvalue weighted by Crippen LogP contribution is 2.47. The Balaban J connectivity index is 1.24. The molecule has 0 amide bonds. The van der Waals surface area contributed by atoms with E-state index in [0.717, 1.165) is 37.4 Å². The first-order valence-electron chi connectivity index (χ1n) is 10.2. The second kappa shape index (κ2) is 7.13. The van der Waals surface area contributed by atoms with Crippen LogP contribution in [0.4, 0.5) is 0 Å². The van der Waals surface area contributed by atoms with Crippen LogP contribution >= 0.6 is 11.3 Å². The number of fused-ring (bicyclic) bond motifs is 5. The zero-order chi connectivity index (χ0) is 17.5. The van der Waals surface area contributed by atoms with Crippen molar-refractivity contribution in [1.82, 2.24) is 15.1 Å². The summed E-state index contributed by atoms with van der Waals surface area (Å²) in [7, 11) is 1.93. The highest BCUT2D eigenvalue weighted by Gasteiger charge is 2.53. The molecule has 0 spiro atoms. The molecule has 5 unspecified atom stereocenters. The molecule has 1 aromatic rings. The number of thiophene rings is 1. The summed E-state index contributed by atoms with van der Waals surface area (Å²) in [6, 6.07) is 4.93. The molecule has 0 aliphatic carbocycles. The zero-order valence-corrected chi connectivity index (χ0v) is 16.5. The van der Waals surface area contributed by atoms with E-state index in [-0.39, 0.29) is 0 Å². The number of nitrogens with one attached hydrogen (secondary N) is 1. The molecule has 0 radical (unpaired) electrons. The van der Waals surface area contributed by atoms with E-state index in [9.17, 15) is 0 Å². The van der Waals surface area contributed by atoms with Gasteiger partial charge in [-0.05, 0) is 50.2 Å². The van der Waals surface area contributed by atoms with Crippen molar-refractivity contribution in [2.24, 2.45) is 16.8 Å². The molecule has 4 aliphatic heterocycles. The van der Waals surface area contributed by atoms with Crippen LogP contribution in [0.15, 0.2) is 22.5 Å². The summed E-state index contributed by atoms with van der Waals surface area (Å²) in [6.45, 7) is 5.61. The molecule has 26 heavy (non-hydrogen) atoms. The van der Waals surface area contributed by atoms with Crippen molar-refractivity contribution in [2.45, 2.75) is 43.9 Å². The summed E-state index contributed by atoms with van der Waals surface area (Å²) in [5.41, 5.74) is 0. The molecule has 1 aromatic heterocycles. The fourth-order valence-electron chi connectivity index (χ4n) is 5.60. The second-order valence-electron chi connectivity index (χ2n) is 8.23. The van der Waals surface area contributed by atoms with Crippen molar-refractivity contribution in [2.75, 3.05) is 39.8 Å². The van der Waals surface area contributed by atoms with Gasteiger partial charge in [0.25, 0.3) is 0 Å². The first-order chi connectivity index (χ1) is 12.8. The van der Waals surface area contributed by atoms with Gasteiger partial charge in [0.15, 0.2) is 5.96 Å². The Bertz CT molecular complexity index is 624. The number of guanidine groups is 1. The number of rotatable bonds is 4. The van der Waals surface area contributed by atoms with Crippen LogP contribution in [0.1, 0.15) is 36.6 Å². The lowest BCUT2D eigenvalue weighted by Gasteiger charge is -2.30. The molecule has 6 heteroatoms. The van der Waals surface area contributed by atoms with Crippen molar-refractivity contribution < 1.29 is 4.74 Å². The maximum Gasteiger partial charge on any atom is 0.193 e. The first-order valence-corrected chi connectivity index (χ1v) is 11.1. The molecule has 4 aliphatic rings. The molecule has 5 nitrogen and oxygen atoms in total. The van der Waals surface area contributed by atoms with Gasteiger partial charge in [0.1, 0.15) is 0 Å². The first kappa shape index (κ1) is 17.0. The summed E-state index contributed by atoms with van der Waals surface area (Å²) in [5.74, 6) is 2.53. The van der Waals surface area contributed by atoms with E-state index >= 15 is 0 Å². The Morgan fingerprint density at radius 3 is 2.62 bits per heavy atom.